The molecule has 0 saturated heterocycles. The summed E-state index contributed by atoms with van der Waals surface area (Å²) in [4.78, 5) is 18.8. The zero-order valence-corrected chi connectivity index (χ0v) is 13.5. The van der Waals surface area contributed by atoms with Crippen molar-refractivity contribution < 1.29 is 9.53 Å². The number of aromatic nitrogens is 1. The number of hydrogen-bond acceptors (Lipinski definition) is 3. The lowest BCUT2D eigenvalue weighted by Crippen LogP contribution is -2.31. The maximum absolute atomic E-state index is 12.4. The van der Waals surface area contributed by atoms with Crippen molar-refractivity contribution >= 4 is 16.8 Å². The first-order valence-corrected chi connectivity index (χ1v) is 8.04. The largest absolute Gasteiger partial charge is 0.467 e. The molecule has 1 aliphatic heterocycles. The van der Waals surface area contributed by atoms with Crippen molar-refractivity contribution in [3.63, 3.8) is 0 Å². The maximum Gasteiger partial charge on any atom is 0.261 e. The molecule has 1 aliphatic rings. The molecule has 4 nitrogen and oxygen atoms in total. The highest BCUT2D eigenvalue weighted by molar-refractivity contribution is 5.82. The average molecular weight is 318 g/mol. The Morgan fingerprint density at radius 1 is 1.12 bits per heavy atom. The van der Waals surface area contributed by atoms with Crippen LogP contribution in [-0.2, 0) is 17.9 Å². The Bertz CT molecular complexity index is 906. The first-order chi connectivity index (χ1) is 11.7. The molecular weight excluding hydrogens is 300 g/mol. The molecule has 3 aromatic rings. The van der Waals surface area contributed by atoms with Crippen LogP contribution >= 0.6 is 0 Å². The predicted molar refractivity (Wildman–Crippen MR) is 92.7 cm³/mol. The fourth-order valence-electron chi connectivity index (χ4n) is 3.02. The Hall–Kier alpha value is -2.88. The standard InChI is InChI=1S/C20H18N2O2/c1-14-7-8-18-16(9-14)10-17-12-22(11-15-5-3-2-4-6-15)19(23)13-24-20(17)21-18/h2-10H,11-13H2,1H3. The van der Waals surface area contributed by atoms with Crippen LogP contribution in [0.3, 0.4) is 0 Å². The van der Waals surface area contributed by atoms with Gasteiger partial charge >= 0.3 is 0 Å². The van der Waals surface area contributed by atoms with Crippen molar-refractivity contribution in [2.24, 2.45) is 0 Å². The van der Waals surface area contributed by atoms with Gasteiger partial charge < -0.3 is 9.64 Å². The summed E-state index contributed by atoms with van der Waals surface area (Å²) in [5.74, 6) is 0.548. The number of rotatable bonds is 2. The van der Waals surface area contributed by atoms with Crippen LogP contribution in [0.25, 0.3) is 10.9 Å². The molecule has 0 bridgehead atoms. The summed E-state index contributed by atoms with van der Waals surface area (Å²) in [5, 5.41) is 1.08. The Labute approximate surface area is 140 Å². The zero-order valence-electron chi connectivity index (χ0n) is 13.5. The van der Waals surface area contributed by atoms with Crippen LogP contribution in [0.1, 0.15) is 16.7 Å². The van der Waals surface area contributed by atoms with Crippen LogP contribution in [-0.4, -0.2) is 22.4 Å². The van der Waals surface area contributed by atoms with E-state index in [0.29, 0.717) is 19.0 Å². The Morgan fingerprint density at radius 3 is 2.79 bits per heavy atom. The second kappa shape index (κ2) is 5.96. The van der Waals surface area contributed by atoms with Crippen LogP contribution in [0, 0.1) is 6.92 Å². The molecule has 4 heteroatoms. The summed E-state index contributed by atoms with van der Waals surface area (Å²) in [6, 6.07) is 18.2. The molecule has 0 N–H and O–H groups in total. The number of pyridine rings is 1. The Balaban J connectivity index is 1.70. The maximum atomic E-state index is 12.4. The van der Waals surface area contributed by atoms with Crippen molar-refractivity contribution in [2.45, 2.75) is 20.0 Å². The van der Waals surface area contributed by atoms with Crippen LogP contribution in [0.5, 0.6) is 5.88 Å². The topological polar surface area (TPSA) is 42.4 Å². The van der Waals surface area contributed by atoms with Gasteiger partial charge in [0.1, 0.15) is 0 Å². The molecule has 0 spiro atoms. The van der Waals surface area contributed by atoms with Gasteiger partial charge in [0.25, 0.3) is 5.91 Å². The number of hydrogen-bond donors (Lipinski definition) is 0. The predicted octanol–water partition coefficient (Wildman–Crippen LogP) is 3.46. The third-order valence-corrected chi connectivity index (χ3v) is 4.27. The Kier molecular flexibility index (Phi) is 3.65. The molecule has 2 heterocycles. The number of carbonyl (C=O) groups excluding carboxylic acids is 1. The van der Waals surface area contributed by atoms with Crippen LogP contribution < -0.4 is 4.74 Å². The number of fused-ring (bicyclic) bond motifs is 2. The molecular formula is C20H18N2O2. The van der Waals surface area contributed by atoms with Crippen LogP contribution in [0.4, 0.5) is 0 Å². The number of ether oxygens (including phenoxy) is 1. The normalized spacial score (nSPS) is 14.2. The molecule has 1 amide bonds. The lowest BCUT2D eigenvalue weighted by Gasteiger charge is -2.20. The lowest BCUT2D eigenvalue weighted by atomic mass is 10.1. The van der Waals surface area contributed by atoms with Crippen molar-refractivity contribution in [2.75, 3.05) is 6.61 Å². The highest BCUT2D eigenvalue weighted by Crippen LogP contribution is 2.27. The lowest BCUT2D eigenvalue weighted by molar-refractivity contribution is -0.133. The monoisotopic (exact) mass is 318 g/mol. The van der Waals surface area contributed by atoms with Gasteiger partial charge in [0.05, 0.1) is 12.1 Å². The Morgan fingerprint density at radius 2 is 1.96 bits per heavy atom. The van der Waals surface area contributed by atoms with Gasteiger partial charge in [-0.25, -0.2) is 4.98 Å². The number of benzene rings is 2. The molecule has 24 heavy (non-hydrogen) atoms. The third-order valence-electron chi connectivity index (χ3n) is 4.27. The fraction of sp³-hybridized carbons (Fsp3) is 0.200. The van der Waals surface area contributed by atoms with E-state index in [-0.39, 0.29) is 12.5 Å². The van der Waals surface area contributed by atoms with Gasteiger partial charge in [0, 0.05) is 17.5 Å². The summed E-state index contributed by atoms with van der Waals surface area (Å²) in [6.07, 6.45) is 0. The SMILES string of the molecule is Cc1ccc2nc3c(cc2c1)CN(Cc1ccccc1)C(=O)CO3. The summed E-state index contributed by atoms with van der Waals surface area (Å²) in [5.41, 5.74) is 4.15. The van der Waals surface area contributed by atoms with Crippen LogP contribution in [0.2, 0.25) is 0 Å². The minimum Gasteiger partial charge on any atom is -0.467 e. The number of aryl methyl sites for hydroxylation is 1. The first kappa shape index (κ1) is 14.7. The van der Waals surface area contributed by atoms with Gasteiger partial charge in [-0.1, -0.05) is 42.0 Å². The van der Waals surface area contributed by atoms with Crippen molar-refractivity contribution in [1.82, 2.24) is 9.88 Å². The second-order valence-electron chi connectivity index (χ2n) is 6.17. The van der Waals surface area contributed by atoms with Crippen molar-refractivity contribution in [1.29, 1.82) is 0 Å². The first-order valence-electron chi connectivity index (χ1n) is 8.04. The van der Waals surface area contributed by atoms with E-state index in [1.807, 2.05) is 47.4 Å². The molecule has 0 unspecified atom stereocenters. The van der Waals surface area contributed by atoms with Gasteiger partial charge in [-0.3, -0.25) is 4.79 Å². The number of nitrogens with zero attached hydrogens (tertiary/aromatic N) is 2. The fourth-order valence-corrected chi connectivity index (χ4v) is 3.02. The van der Waals surface area contributed by atoms with E-state index in [0.717, 1.165) is 22.0 Å². The number of amides is 1. The molecule has 0 atom stereocenters. The smallest absolute Gasteiger partial charge is 0.261 e. The van der Waals surface area contributed by atoms with Crippen LogP contribution in [0.15, 0.2) is 54.6 Å². The number of carbonyl (C=O) groups is 1. The van der Waals surface area contributed by atoms with E-state index in [9.17, 15) is 4.79 Å². The zero-order chi connectivity index (χ0) is 16.5. The molecule has 0 fully saturated rings. The average Bonchev–Trinajstić information content (AvgIpc) is 2.73. The van der Waals surface area contributed by atoms with E-state index >= 15 is 0 Å². The second-order valence-corrected chi connectivity index (χ2v) is 6.17. The summed E-state index contributed by atoms with van der Waals surface area (Å²) >= 11 is 0. The summed E-state index contributed by atoms with van der Waals surface area (Å²) in [7, 11) is 0. The van der Waals surface area contributed by atoms with E-state index in [2.05, 4.69) is 24.0 Å². The molecule has 2 aromatic carbocycles. The molecule has 0 aliphatic carbocycles. The minimum absolute atomic E-state index is 0.0166. The summed E-state index contributed by atoms with van der Waals surface area (Å²) in [6.45, 7) is 3.19. The van der Waals surface area contributed by atoms with Crippen molar-refractivity contribution in [3.8, 4) is 5.88 Å². The van der Waals surface area contributed by atoms with Crippen molar-refractivity contribution in [3.05, 3.63) is 71.3 Å². The van der Waals surface area contributed by atoms with Gasteiger partial charge in [0.15, 0.2) is 6.61 Å². The molecule has 4 rings (SSSR count). The van der Waals surface area contributed by atoms with Gasteiger partial charge in [-0.05, 0) is 30.7 Å². The summed E-state index contributed by atoms with van der Waals surface area (Å²) < 4.78 is 5.66. The van der Waals surface area contributed by atoms with E-state index in [4.69, 9.17) is 4.74 Å². The highest BCUT2D eigenvalue weighted by atomic mass is 16.5. The van der Waals surface area contributed by atoms with E-state index < -0.39 is 0 Å². The third kappa shape index (κ3) is 2.83. The molecule has 1 aromatic heterocycles. The van der Waals surface area contributed by atoms with Gasteiger partial charge in [-0.15, -0.1) is 0 Å². The van der Waals surface area contributed by atoms with Gasteiger partial charge in [0.2, 0.25) is 5.88 Å². The molecule has 0 saturated carbocycles. The quantitative estimate of drug-likeness (QED) is 0.726. The van der Waals surface area contributed by atoms with Gasteiger partial charge in [-0.2, -0.15) is 0 Å². The molecule has 120 valence electrons. The highest BCUT2D eigenvalue weighted by Gasteiger charge is 2.23. The minimum atomic E-state index is -0.0166. The van der Waals surface area contributed by atoms with E-state index in [1.165, 1.54) is 5.56 Å². The van der Waals surface area contributed by atoms with E-state index in [1.54, 1.807) is 0 Å². The molecule has 0 radical (unpaired) electrons.